The second kappa shape index (κ2) is 7.44. The summed E-state index contributed by atoms with van der Waals surface area (Å²) in [6.45, 7) is 3.10. The molecule has 5 nitrogen and oxygen atoms in total. The molecule has 0 spiro atoms. The van der Waals surface area contributed by atoms with Crippen LogP contribution in [0.5, 0.6) is 0 Å². The van der Waals surface area contributed by atoms with Gasteiger partial charge in [0.1, 0.15) is 11.6 Å². The Balaban J connectivity index is 1.51. The van der Waals surface area contributed by atoms with Crippen LogP contribution in [0.4, 0.5) is 14.3 Å². The maximum absolute atomic E-state index is 13.9. The number of piperidine rings is 1. The first-order chi connectivity index (χ1) is 11.5. The molecule has 1 aliphatic rings. The second-order valence-corrected chi connectivity index (χ2v) is 7.14. The zero-order valence-corrected chi connectivity index (χ0v) is 14.8. The zero-order chi connectivity index (χ0) is 17.1. The van der Waals surface area contributed by atoms with Crippen LogP contribution >= 0.6 is 23.1 Å². The van der Waals surface area contributed by atoms with Crippen LogP contribution in [-0.2, 0) is 6.42 Å². The Labute approximate surface area is 149 Å². The number of anilines is 1. The van der Waals surface area contributed by atoms with Crippen molar-refractivity contribution < 1.29 is 9.18 Å². The van der Waals surface area contributed by atoms with Gasteiger partial charge in [-0.05, 0) is 49.8 Å². The standard InChI is InChI=1S/C16H18ClFN4OS/c1-10-19-15(24-21-10)20-16(23)22-6-4-11(5-7-22)8-12-2-3-13(17)9-14(12)18/h2-3,9,11H,4-8H2,1H3,(H,19,20,21,23). The van der Waals surface area contributed by atoms with Gasteiger partial charge in [-0.1, -0.05) is 17.7 Å². The number of rotatable bonds is 3. The lowest BCUT2D eigenvalue weighted by Crippen LogP contribution is -2.41. The van der Waals surface area contributed by atoms with E-state index in [0.717, 1.165) is 12.8 Å². The third kappa shape index (κ3) is 4.21. The van der Waals surface area contributed by atoms with Gasteiger partial charge in [0.15, 0.2) is 0 Å². The van der Waals surface area contributed by atoms with E-state index >= 15 is 0 Å². The SMILES string of the molecule is Cc1nsc(NC(=O)N2CCC(Cc3ccc(Cl)cc3F)CC2)n1. The van der Waals surface area contributed by atoms with Gasteiger partial charge in [0, 0.05) is 29.6 Å². The number of hydrogen-bond acceptors (Lipinski definition) is 4. The van der Waals surface area contributed by atoms with Gasteiger partial charge in [0.05, 0.1) is 0 Å². The van der Waals surface area contributed by atoms with Crippen LogP contribution in [0.3, 0.4) is 0 Å². The molecule has 0 aliphatic carbocycles. The summed E-state index contributed by atoms with van der Waals surface area (Å²) in [7, 11) is 0. The van der Waals surface area contributed by atoms with Gasteiger partial charge in [-0.15, -0.1) is 0 Å². The molecule has 1 aromatic carbocycles. The Morgan fingerprint density at radius 3 is 2.83 bits per heavy atom. The van der Waals surface area contributed by atoms with Crippen molar-refractivity contribution in [3.05, 3.63) is 40.4 Å². The average molecular weight is 369 g/mol. The summed E-state index contributed by atoms with van der Waals surface area (Å²) in [5, 5.41) is 3.70. The molecule has 1 fully saturated rings. The molecule has 1 saturated heterocycles. The van der Waals surface area contributed by atoms with Crippen LogP contribution in [0.2, 0.25) is 5.02 Å². The molecule has 1 aromatic heterocycles. The average Bonchev–Trinajstić information content (AvgIpc) is 2.96. The fourth-order valence-electron chi connectivity index (χ4n) is 2.86. The molecule has 0 bridgehead atoms. The smallest absolute Gasteiger partial charge is 0.323 e. The summed E-state index contributed by atoms with van der Waals surface area (Å²) in [6, 6.07) is 4.66. The summed E-state index contributed by atoms with van der Waals surface area (Å²) in [6.07, 6.45) is 2.38. The first-order valence-electron chi connectivity index (χ1n) is 7.81. The minimum atomic E-state index is -0.255. The largest absolute Gasteiger partial charge is 0.324 e. The van der Waals surface area contributed by atoms with Gasteiger partial charge in [0.2, 0.25) is 5.13 Å². The molecule has 24 heavy (non-hydrogen) atoms. The van der Waals surface area contributed by atoms with Gasteiger partial charge >= 0.3 is 6.03 Å². The van der Waals surface area contributed by atoms with E-state index in [4.69, 9.17) is 11.6 Å². The van der Waals surface area contributed by atoms with Gasteiger partial charge in [-0.25, -0.2) is 14.2 Å². The highest BCUT2D eigenvalue weighted by molar-refractivity contribution is 7.09. The Kier molecular flexibility index (Phi) is 5.30. The van der Waals surface area contributed by atoms with Crippen LogP contribution < -0.4 is 5.32 Å². The maximum atomic E-state index is 13.9. The van der Waals surface area contributed by atoms with Gasteiger partial charge < -0.3 is 4.90 Å². The number of hydrogen-bond donors (Lipinski definition) is 1. The number of halogens is 2. The van der Waals surface area contributed by atoms with Crippen molar-refractivity contribution in [1.29, 1.82) is 0 Å². The Morgan fingerprint density at radius 2 is 2.21 bits per heavy atom. The second-order valence-electron chi connectivity index (χ2n) is 5.95. The molecule has 128 valence electrons. The monoisotopic (exact) mass is 368 g/mol. The van der Waals surface area contributed by atoms with Crippen LogP contribution in [-0.4, -0.2) is 33.4 Å². The number of nitrogens with zero attached hydrogens (tertiary/aromatic N) is 3. The van der Waals surface area contributed by atoms with Crippen LogP contribution in [0.1, 0.15) is 24.2 Å². The molecular weight excluding hydrogens is 351 g/mol. The van der Waals surface area contributed by atoms with Crippen LogP contribution in [0.15, 0.2) is 18.2 Å². The maximum Gasteiger partial charge on any atom is 0.323 e. The topological polar surface area (TPSA) is 58.1 Å². The number of aromatic nitrogens is 2. The van der Waals surface area contributed by atoms with Crippen molar-refractivity contribution in [1.82, 2.24) is 14.3 Å². The lowest BCUT2D eigenvalue weighted by Gasteiger charge is -2.31. The van der Waals surface area contributed by atoms with E-state index in [-0.39, 0.29) is 11.8 Å². The van der Waals surface area contributed by atoms with Crippen LogP contribution in [0, 0.1) is 18.7 Å². The van der Waals surface area contributed by atoms with E-state index in [1.165, 1.54) is 17.6 Å². The van der Waals surface area contributed by atoms with Crippen molar-refractivity contribution in [2.45, 2.75) is 26.2 Å². The number of carbonyl (C=O) groups excluding carboxylic acids is 1. The summed E-state index contributed by atoms with van der Waals surface area (Å²) in [5.41, 5.74) is 0.687. The molecule has 2 aromatic rings. The Bertz CT molecular complexity index is 731. The Hall–Kier alpha value is -1.73. The number of carbonyl (C=O) groups is 1. The quantitative estimate of drug-likeness (QED) is 0.886. The highest BCUT2D eigenvalue weighted by Crippen LogP contribution is 2.25. The van der Waals surface area contributed by atoms with Crippen molar-refractivity contribution >= 4 is 34.3 Å². The zero-order valence-electron chi connectivity index (χ0n) is 13.3. The molecule has 8 heteroatoms. The molecule has 0 saturated carbocycles. The summed E-state index contributed by atoms with van der Waals surface area (Å²) in [5.74, 6) is 0.766. The van der Waals surface area contributed by atoms with E-state index in [0.29, 0.717) is 47.0 Å². The molecule has 0 radical (unpaired) electrons. The molecule has 0 atom stereocenters. The molecule has 2 heterocycles. The number of urea groups is 1. The lowest BCUT2D eigenvalue weighted by atomic mass is 9.90. The van der Waals surface area contributed by atoms with Crippen molar-refractivity contribution in [3.63, 3.8) is 0 Å². The molecule has 1 N–H and O–H groups in total. The molecule has 3 rings (SSSR count). The first-order valence-corrected chi connectivity index (χ1v) is 8.96. The predicted molar refractivity (Wildman–Crippen MR) is 93.1 cm³/mol. The third-order valence-electron chi connectivity index (χ3n) is 4.17. The van der Waals surface area contributed by atoms with E-state index in [1.807, 2.05) is 0 Å². The minimum Gasteiger partial charge on any atom is -0.324 e. The number of nitrogens with one attached hydrogen (secondary N) is 1. The predicted octanol–water partition coefficient (Wildman–Crippen LogP) is 4.13. The van der Waals surface area contributed by atoms with Crippen molar-refractivity contribution in [2.24, 2.45) is 5.92 Å². The normalized spacial score (nSPS) is 15.5. The van der Waals surface area contributed by atoms with E-state index in [1.54, 1.807) is 24.0 Å². The summed E-state index contributed by atoms with van der Waals surface area (Å²) < 4.78 is 17.9. The van der Waals surface area contributed by atoms with Gasteiger partial charge in [-0.2, -0.15) is 4.37 Å². The van der Waals surface area contributed by atoms with Crippen molar-refractivity contribution in [3.8, 4) is 0 Å². The van der Waals surface area contributed by atoms with Crippen LogP contribution in [0.25, 0.3) is 0 Å². The lowest BCUT2D eigenvalue weighted by molar-refractivity contribution is 0.182. The fourth-order valence-corrected chi connectivity index (χ4v) is 3.58. The number of aryl methyl sites for hydroxylation is 1. The molecular formula is C16H18ClFN4OS. The summed E-state index contributed by atoms with van der Waals surface area (Å²) >= 11 is 6.96. The minimum absolute atomic E-state index is 0.151. The third-order valence-corrected chi connectivity index (χ3v) is 5.12. The molecule has 2 amide bonds. The molecule has 1 aliphatic heterocycles. The highest BCUT2D eigenvalue weighted by atomic mass is 35.5. The fraction of sp³-hybridized carbons (Fsp3) is 0.438. The van der Waals surface area contributed by atoms with E-state index < -0.39 is 0 Å². The molecule has 0 unspecified atom stereocenters. The van der Waals surface area contributed by atoms with E-state index in [2.05, 4.69) is 14.7 Å². The van der Waals surface area contributed by atoms with Crippen molar-refractivity contribution in [2.75, 3.05) is 18.4 Å². The first kappa shape index (κ1) is 17.1. The number of benzene rings is 1. The summed E-state index contributed by atoms with van der Waals surface area (Å²) in [4.78, 5) is 18.1. The van der Waals surface area contributed by atoms with E-state index in [9.17, 15) is 9.18 Å². The van der Waals surface area contributed by atoms with Gasteiger partial charge in [0.25, 0.3) is 0 Å². The highest BCUT2D eigenvalue weighted by Gasteiger charge is 2.24. The number of amides is 2. The van der Waals surface area contributed by atoms with Gasteiger partial charge in [-0.3, -0.25) is 5.32 Å². The Morgan fingerprint density at radius 1 is 1.46 bits per heavy atom. The number of likely N-dealkylation sites (tertiary alicyclic amines) is 1.